The molecule has 0 spiro atoms. The Morgan fingerprint density at radius 2 is 2.50 bits per heavy atom. The van der Waals surface area contributed by atoms with Gasteiger partial charge in [0.15, 0.2) is 5.79 Å². The van der Waals surface area contributed by atoms with Crippen LogP contribution in [0.5, 0.6) is 0 Å². The molecule has 3 heteroatoms. The van der Waals surface area contributed by atoms with E-state index in [1.807, 2.05) is 0 Å². The molecule has 0 radical (unpaired) electrons. The number of aliphatic hydroxyl groups is 1. The monoisotopic (exact) mass is 141 g/mol. The number of hydrogen-bond acceptors (Lipinski definition) is 3. The molecular weight excluding hydrogens is 130 g/mol. The third-order valence-electron chi connectivity index (χ3n) is 1.47. The second kappa shape index (κ2) is 2.44. The summed E-state index contributed by atoms with van der Waals surface area (Å²) in [6.07, 6.45) is 5.48. The molecule has 0 aromatic carbocycles. The second-order valence-corrected chi connectivity index (χ2v) is 2.30. The zero-order valence-corrected chi connectivity index (χ0v) is 5.87. The van der Waals surface area contributed by atoms with E-state index in [4.69, 9.17) is 10.5 Å². The van der Waals surface area contributed by atoms with Crippen LogP contribution in [0.25, 0.3) is 0 Å². The Hall–Kier alpha value is -0.800. The van der Waals surface area contributed by atoms with E-state index in [2.05, 4.69) is 0 Å². The zero-order chi connectivity index (χ0) is 7.61. The first-order valence-corrected chi connectivity index (χ1v) is 3.09. The fourth-order valence-corrected chi connectivity index (χ4v) is 0.874. The van der Waals surface area contributed by atoms with Crippen LogP contribution in [0.2, 0.25) is 0 Å². The first-order chi connectivity index (χ1) is 4.66. The number of rotatable bonds is 1. The van der Waals surface area contributed by atoms with Crippen molar-refractivity contribution in [2.45, 2.75) is 12.2 Å². The lowest BCUT2D eigenvalue weighted by Crippen LogP contribution is -2.30. The van der Waals surface area contributed by atoms with Crippen molar-refractivity contribution in [2.75, 3.05) is 7.11 Å². The van der Waals surface area contributed by atoms with E-state index in [0.717, 1.165) is 0 Å². The Balaban J connectivity index is 2.76. The largest absolute Gasteiger partial charge is 0.399 e. The van der Waals surface area contributed by atoms with Gasteiger partial charge in [-0.25, -0.2) is 0 Å². The molecule has 0 aromatic heterocycles. The summed E-state index contributed by atoms with van der Waals surface area (Å²) in [5, 5.41) is 9.42. The molecule has 0 saturated heterocycles. The summed E-state index contributed by atoms with van der Waals surface area (Å²) in [5.41, 5.74) is 5.96. The summed E-state index contributed by atoms with van der Waals surface area (Å²) in [5.74, 6) is -1.18. The molecule has 0 amide bonds. The predicted molar refractivity (Wildman–Crippen MR) is 38.0 cm³/mol. The standard InChI is InChI=1S/C7H11NO2/c1-10-7(9)4-2-3-6(8)5-7/h2-3,5,9H,4,8H2,1H3. The van der Waals surface area contributed by atoms with Crippen LogP contribution in [0.15, 0.2) is 23.9 Å². The number of allylic oxidation sites excluding steroid dienone is 1. The minimum atomic E-state index is -1.18. The highest BCUT2D eigenvalue weighted by atomic mass is 16.6. The maximum atomic E-state index is 9.42. The number of hydrogen-bond donors (Lipinski definition) is 2. The minimum absolute atomic E-state index is 0.462. The van der Waals surface area contributed by atoms with E-state index in [1.165, 1.54) is 13.2 Å². The van der Waals surface area contributed by atoms with Crippen molar-refractivity contribution in [3.8, 4) is 0 Å². The molecule has 0 heterocycles. The van der Waals surface area contributed by atoms with E-state index >= 15 is 0 Å². The smallest absolute Gasteiger partial charge is 0.190 e. The summed E-state index contributed by atoms with van der Waals surface area (Å²) >= 11 is 0. The molecule has 1 aliphatic carbocycles. The average molecular weight is 141 g/mol. The molecule has 3 nitrogen and oxygen atoms in total. The van der Waals surface area contributed by atoms with Gasteiger partial charge in [-0.15, -0.1) is 0 Å². The van der Waals surface area contributed by atoms with Crippen molar-refractivity contribution >= 4 is 0 Å². The van der Waals surface area contributed by atoms with E-state index in [9.17, 15) is 5.11 Å². The predicted octanol–water partition coefficient (Wildman–Crippen LogP) is 0.124. The molecule has 0 saturated carbocycles. The van der Waals surface area contributed by atoms with Gasteiger partial charge in [0.2, 0.25) is 0 Å². The van der Waals surface area contributed by atoms with E-state index in [1.54, 1.807) is 12.2 Å². The molecule has 0 aliphatic heterocycles. The van der Waals surface area contributed by atoms with Crippen molar-refractivity contribution in [1.82, 2.24) is 0 Å². The number of nitrogens with two attached hydrogens (primary N) is 1. The van der Waals surface area contributed by atoms with Gasteiger partial charge in [-0.3, -0.25) is 0 Å². The molecule has 10 heavy (non-hydrogen) atoms. The van der Waals surface area contributed by atoms with Gasteiger partial charge in [-0.05, 0) is 12.2 Å². The van der Waals surface area contributed by atoms with Gasteiger partial charge in [-0.2, -0.15) is 0 Å². The van der Waals surface area contributed by atoms with Crippen molar-refractivity contribution in [3.05, 3.63) is 23.9 Å². The van der Waals surface area contributed by atoms with Gasteiger partial charge in [0.05, 0.1) is 0 Å². The average Bonchev–Trinajstić information content (AvgIpc) is 1.88. The molecule has 1 unspecified atom stereocenters. The Morgan fingerprint density at radius 3 is 2.90 bits per heavy atom. The van der Waals surface area contributed by atoms with Crippen LogP contribution in [0.4, 0.5) is 0 Å². The summed E-state index contributed by atoms with van der Waals surface area (Å²) in [7, 11) is 1.45. The third-order valence-corrected chi connectivity index (χ3v) is 1.47. The maximum Gasteiger partial charge on any atom is 0.190 e. The van der Waals surface area contributed by atoms with Crippen LogP contribution in [0, 0.1) is 0 Å². The highest BCUT2D eigenvalue weighted by molar-refractivity contribution is 5.23. The van der Waals surface area contributed by atoms with Crippen molar-refractivity contribution in [3.63, 3.8) is 0 Å². The highest BCUT2D eigenvalue weighted by Crippen LogP contribution is 2.19. The molecule has 0 bridgehead atoms. The molecule has 3 N–H and O–H groups in total. The van der Waals surface area contributed by atoms with Gasteiger partial charge in [0, 0.05) is 19.2 Å². The first-order valence-electron chi connectivity index (χ1n) is 3.09. The lowest BCUT2D eigenvalue weighted by molar-refractivity contribution is -0.144. The van der Waals surface area contributed by atoms with Crippen LogP contribution >= 0.6 is 0 Å². The van der Waals surface area contributed by atoms with E-state index < -0.39 is 5.79 Å². The fraction of sp³-hybridized carbons (Fsp3) is 0.429. The van der Waals surface area contributed by atoms with Gasteiger partial charge in [-0.1, -0.05) is 6.08 Å². The molecule has 56 valence electrons. The molecule has 0 aromatic rings. The van der Waals surface area contributed by atoms with Crippen LogP contribution in [0.3, 0.4) is 0 Å². The Kier molecular flexibility index (Phi) is 1.78. The van der Waals surface area contributed by atoms with Crippen LogP contribution in [-0.2, 0) is 4.74 Å². The lowest BCUT2D eigenvalue weighted by atomic mass is 10.1. The summed E-state index contributed by atoms with van der Waals surface area (Å²) in [6, 6.07) is 0. The van der Waals surface area contributed by atoms with Gasteiger partial charge < -0.3 is 15.6 Å². The molecular formula is C7H11NO2. The van der Waals surface area contributed by atoms with Crippen LogP contribution in [0.1, 0.15) is 6.42 Å². The van der Waals surface area contributed by atoms with E-state index in [0.29, 0.717) is 12.1 Å². The minimum Gasteiger partial charge on any atom is -0.399 e. The van der Waals surface area contributed by atoms with Crippen molar-refractivity contribution in [1.29, 1.82) is 0 Å². The lowest BCUT2D eigenvalue weighted by Gasteiger charge is -2.23. The Labute approximate surface area is 59.8 Å². The number of ether oxygens (including phenoxy) is 1. The molecule has 1 atom stereocenters. The normalized spacial score (nSPS) is 32.0. The quantitative estimate of drug-likeness (QED) is 0.510. The van der Waals surface area contributed by atoms with Gasteiger partial charge in [0.1, 0.15) is 0 Å². The fourth-order valence-electron chi connectivity index (χ4n) is 0.874. The Morgan fingerprint density at radius 1 is 1.80 bits per heavy atom. The SMILES string of the molecule is COC1(O)C=C(N)C=CC1. The second-order valence-electron chi connectivity index (χ2n) is 2.30. The van der Waals surface area contributed by atoms with Crippen molar-refractivity contribution in [2.24, 2.45) is 5.73 Å². The van der Waals surface area contributed by atoms with Crippen LogP contribution < -0.4 is 5.73 Å². The van der Waals surface area contributed by atoms with Gasteiger partial charge in [0.25, 0.3) is 0 Å². The molecule has 1 aliphatic rings. The van der Waals surface area contributed by atoms with Crippen LogP contribution in [-0.4, -0.2) is 18.0 Å². The summed E-state index contributed by atoms with van der Waals surface area (Å²) in [6.45, 7) is 0. The summed E-state index contributed by atoms with van der Waals surface area (Å²) < 4.78 is 4.80. The van der Waals surface area contributed by atoms with Crippen molar-refractivity contribution < 1.29 is 9.84 Å². The summed E-state index contributed by atoms with van der Waals surface area (Å²) in [4.78, 5) is 0. The third kappa shape index (κ3) is 1.37. The maximum absolute atomic E-state index is 9.42. The number of methoxy groups -OCH3 is 1. The highest BCUT2D eigenvalue weighted by Gasteiger charge is 2.23. The van der Waals surface area contributed by atoms with Gasteiger partial charge >= 0.3 is 0 Å². The topological polar surface area (TPSA) is 55.5 Å². The van der Waals surface area contributed by atoms with E-state index in [-0.39, 0.29) is 0 Å². The first kappa shape index (κ1) is 7.31. The molecule has 0 fully saturated rings. The Bertz CT molecular complexity index is 186. The zero-order valence-electron chi connectivity index (χ0n) is 5.87. The molecule has 1 rings (SSSR count).